The van der Waals surface area contributed by atoms with Gasteiger partial charge in [-0.1, -0.05) is 54.6 Å². The molecule has 0 saturated heterocycles. The molecule has 4 aromatic rings. The molecule has 194 valence electrons. The lowest BCUT2D eigenvalue weighted by Gasteiger charge is -2.13. The van der Waals surface area contributed by atoms with Crippen molar-refractivity contribution in [1.29, 1.82) is 0 Å². The van der Waals surface area contributed by atoms with Crippen LogP contribution in [-0.2, 0) is 16.0 Å². The number of methoxy groups -OCH3 is 1. The summed E-state index contributed by atoms with van der Waals surface area (Å²) in [5.41, 5.74) is 4.77. The Morgan fingerprint density at radius 2 is 1.63 bits per heavy atom. The van der Waals surface area contributed by atoms with Crippen LogP contribution in [0.2, 0.25) is 0 Å². The molecule has 0 saturated carbocycles. The third-order valence-corrected chi connectivity index (χ3v) is 5.64. The maximum absolute atomic E-state index is 12.5. The summed E-state index contributed by atoms with van der Waals surface area (Å²) in [5, 5.41) is 8.99. The van der Waals surface area contributed by atoms with Gasteiger partial charge in [-0.3, -0.25) is 9.59 Å². The highest BCUT2D eigenvalue weighted by Crippen LogP contribution is 2.28. The molecule has 0 fully saturated rings. The van der Waals surface area contributed by atoms with Crippen molar-refractivity contribution in [2.24, 2.45) is 5.10 Å². The van der Waals surface area contributed by atoms with E-state index in [1.54, 1.807) is 36.4 Å². The Bertz CT molecular complexity index is 1450. The number of anilines is 1. The number of hydrogen-bond donors (Lipinski definition) is 2. The fraction of sp³-hybridized carbons (Fsp3) is 0.167. The summed E-state index contributed by atoms with van der Waals surface area (Å²) in [7, 11) is 1.54. The van der Waals surface area contributed by atoms with Gasteiger partial charge in [0.2, 0.25) is 5.91 Å². The van der Waals surface area contributed by atoms with Crippen LogP contribution >= 0.6 is 0 Å². The van der Waals surface area contributed by atoms with Crippen molar-refractivity contribution in [2.45, 2.75) is 13.3 Å². The largest absolute Gasteiger partial charge is 0.495 e. The predicted octanol–water partition coefficient (Wildman–Crippen LogP) is 4.96. The molecule has 2 amide bonds. The number of fused-ring (bicyclic) bond motifs is 1. The topological polar surface area (TPSA) is 98.3 Å². The number of ether oxygens (including phenoxy) is 3. The van der Waals surface area contributed by atoms with Crippen LogP contribution < -0.4 is 25.0 Å². The van der Waals surface area contributed by atoms with E-state index in [-0.39, 0.29) is 24.8 Å². The third-order valence-electron chi connectivity index (χ3n) is 5.64. The van der Waals surface area contributed by atoms with Gasteiger partial charge in [0.05, 0.1) is 32.0 Å². The Balaban J connectivity index is 1.35. The first-order valence-corrected chi connectivity index (χ1v) is 12.2. The van der Waals surface area contributed by atoms with E-state index in [0.717, 1.165) is 16.3 Å². The highest BCUT2D eigenvalue weighted by molar-refractivity contribution is 5.93. The molecule has 0 radical (unpaired) electrons. The summed E-state index contributed by atoms with van der Waals surface area (Å²) < 4.78 is 16.6. The van der Waals surface area contributed by atoms with Gasteiger partial charge in [0.25, 0.3) is 5.91 Å². The van der Waals surface area contributed by atoms with E-state index in [2.05, 4.69) is 15.8 Å². The lowest BCUT2D eigenvalue weighted by molar-refractivity contribution is -0.120. The summed E-state index contributed by atoms with van der Waals surface area (Å²) in [4.78, 5) is 24.9. The van der Waals surface area contributed by atoms with Crippen molar-refractivity contribution < 1.29 is 23.8 Å². The number of nitrogens with zero attached hydrogens (tertiary/aromatic N) is 1. The average Bonchev–Trinajstić information content (AvgIpc) is 2.93. The van der Waals surface area contributed by atoms with E-state index in [1.165, 1.54) is 13.3 Å². The van der Waals surface area contributed by atoms with E-state index in [4.69, 9.17) is 14.2 Å². The molecule has 4 rings (SSSR count). The van der Waals surface area contributed by atoms with Crippen molar-refractivity contribution >= 4 is 34.5 Å². The molecule has 38 heavy (non-hydrogen) atoms. The molecule has 8 heteroatoms. The molecule has 0 unspecified atom stereocenters. The molecule has 0 heterocycles. The van der Waals surface area contributed by atoms with E-state index in [9.17, 15) is 9.59 Å². The third kappa shape index (κ3) is 6.88. The maximum atomic E-state index is 12.5. The number of hydrogen-bond acceptors (Lipinski definition) is 6. The molecule has 0 bridgehead atoms. The molecule has 0 atom stereocenters. The number of carbonyl (C=O) groups excluding carboxylic acids is 2. The summed E-state index contributed by atoms with van der Waals surface area (Å²) in [6.45, 7) is 2.05. The van der Waals surface area contributed by atoms with Crippen molar-refractivity contribution in [3.63, 3.8) is 0 Å². The molecule has 0 aliphatic rings. The summed E-state index contributed by atoms with van der Waals surface area (Å²) in [5.74, 6) is 0.881. The molecular weight excluding hydrogens is 482 g/mol. The molecule has 2 N–H and O–H groups in total. The van der Waals surface area contributed by atoms with Gasteiger partial charge in [0, 0.05) is 0 Å². The van der Waals surface area contributed by atoms with Gasteiger partial charge in [0.1, 0.15) is 5.75 Å². The fourth-order valence-corrected chi connectivity index (χ4v) is 3.91. The predicted molar refractivity (Wildman–Crippen MR) is 148 cm³/mol. The SMILES string of the molecule is CCOc1cc(/C=N\NC(=O)Cc2cccc3ccccc23)ccc1OCC(=O)Nc1ccccc1OC. The second-order valence-electron chi connectivity index (χ2n) is 8.28. The first kappa shape index (κ1) is 26.2. The maximum Gasteiger partial charge on any atom is 0.262 e. The van der Waals surface area contributed by atoms with E-state index in [1.807, 2.05) is 55.5 Å². The summed E-state index contributed by atoms with van der Waals surface area (Å²) >= 11 is 0. The van der Waals surface area contributed by atoms with E-state index in [0.29, 0.717) is 35.1 Å². The van der Waals surface area contributed by atoms with Crippen LogP contribution in [0.15, 0.2) is 90.0 Å². The number of nitrogens with one attached hydrogen (secondary N) is 2. The molecule has 8 nitrogen and oxygen atoms in total. The molecule has 0 aliphatic heterocycles. The normalized spacial score (nSPS) is 10.8. The number of benzene rings is 4. The summed E-state index contributed by atoms with van der Waals surface area (Å²) in [6.07, 6.45) is 1.74. The highest BCUT2D eigenvalue weighted by Gasteiger charge is 2.11. The molecule has 0 aromatic heterocycles. The van der Waals surface area contributed by atoms with Crippen molar-refractivity contribution in [3.05, 3.63) is 96.1 Å². The Morgan fingerprint density at radius 1 is 0.842 bits per heavy atom. The zero-order valence-corrected chi connectivity index (χ0v) is 21.3. The number of amides is 2. The Morgan fingerprint density at radius 3 is 2.47 bits per heavy atom. The van der Waals surface area contributed by atoms with Crippen LogP contribution in [-0.4, -0.2) is 38.4 Å². The van der Waals surface area contributed by atoms with Gasteiger partial charge < -0.3 is 19.5 Å². The monoisotopic (exact) mass is 511 g/mol. The standard InChI is InChI=1S/C30H29N3O5/c1-3-37-28-17-21(15-16-27(28)38-20-30(35)32-25-13-6-7-14-26(25)36-2)19-31-33-29(34)18-23-11-8-10-22-9-4-5-12-24(22)23/h4-17,19H,3,18,20H2,1-2H3,(H,32,35)(H,33,34)/b31-19-. The average molecular weight is 512 g/mol. The second-order valence-corrected chi connectivity index (χ2v) is 8.28. The van der Waals surface area contributed by atoms with Crippen molar-refractivity contribution in [1.82, 2.24) is 5.43 Å². The van der Waals surface area contributed by atoms with Gasteiger partial charge in [-0.15, -0.1) is 0 Å². The lowest BCUT2D eigenvalue weighted by Crippen LogP contribution is -2.20. The second kappa shape index (κ2) is 12.9. The minimum Gasteiger partial charge on any atom is -0.495 e. The first-order valence-electron chi connectivity index (χ1n) is 12.2. The minimum absolute atomic E-state index is 0.213. The van der Waals surface area contributed by atoms with Crippen LogP contribution in [0.4, 0.5) is 5.69 Å². The summed E-state index contributed by atoms with van der Waals surface area (Å²) in [6, 6.07) is 26.2. The fourth-order valence-electron chi connectivity index (χ4n) is 3.91. The lowest BCUT2D eigenvalue weighted by atomic mass is 10.0. The van der Waals surface area contributed by atoms with Crippen LogP contribution in [0.5, 0.6) is 17.2 Å². The van der Waals surface area contributed by atoms with Gasteiger partial charge in [0.15, 0.2) is 18.1 Å². The van der Waals surface area contributed by atoms with Crippen molar-refractivity contribution in [2.75, 3.05) is 25.6 Å². The first-order chi connectivity index (χ1) is 18.6. The van der Waals surface area contributed by atoms with Crippen molar-refractivity contribution in [3.8, 4) is 17.2 Å². The quantitative estimate of drug-likeness (QED) is 0.219. The van der Waals surface area contributed by atoms with Gasteiger partial charge in [-0.05, 0) is 59.2 Å². The van der Waals surface area contributed by atoms with Gasteiger partial charge in [-0.25, -0.2) is 5.43 Å². The molecular formula is C30H29N3O5. The number of para-hydroxylation sites is 2. The van der Waals surface area contributed by atoms with Gasteiger partial charge in [-0.2, -0.15) is 5.10 Å². The number of hydrazone groups is 1. The molecule has 0 aliphatic carbocycles. The minimum atomic E-state index is -0.337. The number of rotatable bonds is 11. The zero-order valence-electron chi connectivity index (χ0n) is 21.3. The van der Waals surface area contributed by atoms with Gasteiger partial charge >= 0.3 is 0 Å². The Hall–Kier alpha value is -4.85. The zero-order chi connectivity index (χ0) is 26.7. The van der Waals surface area contributed by atoms with Crippen LogP contribution in [0.1, 0.15) is 18.1 Å². The van der Waals surface area contributed by atoms with Crippen LogP contribution in [0, 0.1) is 0 Å². The van der Waals surface area contributed by atoms with Crippen LogP contribution in [0.25, 0.3) is 10.8 Å². The molecule has 4 aromatic carbocycles. The molecule has 0 spiro atoms. The van der Waals surface area contributed by atoms with Crippen LogP contribution in [0.3, 0.4) is 0 Å². The van der Waals surface area contributed by atoms with E-state index < -0.39 is 0 Å². The Labute approximate surface area is 221 Å². The smallest absolute Gasteiger partial charge is 0.262 e. The number of carbonyl (C=O) groups is 2. The Kier molecular flexibility index (Phi) is 8.91. The highest BCUT2D eigenvalue weighted by atomic mass is 16.5. The van der Waals surface area contributed by atoms with E-state index >= 15 is 0 Å².